The van der Waals surface area contributed by atoms with E-state index in [4.69, 9.17) is 28.7 Å². The fourth-order valence-electron chi connectivity index (χ4n) is 0. The first-order chi connectivity index (χ1) is 4.88. The SMILES string of the molecule is C=CC.O=[P+](O)O.O=[P+](O)O. The van der Waals surface area contributed by atoms with Crippen LogP contribution in [0.4, 0.5) is 0 Å². The van der Waals surface area contributed by atoms with Crippen LogP contribution in [0.15, 0.2) is 12.7 Å². The van der Waals surface area contributed by atoms with Crippen molar-refractivity contribution >= 4 is 16.5 Å². The van der Waals surface area contributed by atoms with Crippen molar-refractivity contribution in [2.75, 3.05) is 0 Å². The van der Waals surface area contributed by atoms with E-state index in [0.29, 0.717) is 0 Å². The average molecular weight is 204 g/mol. The third-order valence-electron chi connectivity index (χ3n) is 0. The Hall–Kier alpha value is -0.220. The molecule has 0 spiro atoms. The van der Waals surface area contributed by atoms with Crippen molar-refractivity contribution in [2.24, 2.45) is 0 Å². The van der Waals surface area contributed by atoms with Gasteiger partial charge in [0.2, 0.25) is 0 Å². The van der Waals surface area contributed by atoms with E-state index in [2.05, 4.69) is 6.58 Å². The molecule has 0 aromatic carbocycles. The smallest absolute Gasteiger partial charge is 0.134 e. The molecule has 0 fully saturated rings. The summed E-state index contributed by atoms with van der Waals surface area (Å²) < 4.78 is 17.4. The zero-order valence-corrected chi connectivity index (χ0v) is 7.57. The van der Waals surface area contributed by atoms with Crippen molar-refractivity contribution in [3.63, 3.8) is 0 Å². The molecule has 0 bridgehead atoms. The molecule has 4 N–H and O–H groups in total. The standard InChI is InChI=1S/C3H6.2HO3P/c1-3-2;2*1-4(2)3/h3H,1H2,2H3;2*(H-,1,2,3)/p+2. The molecule has 0 amide bonds. The first-order valence-corrected chi connectivity index (χ1v) is 4.48. The molecular weight excluding hydrogens is 194 g/mol. The Kier molecular flexibility index (Phi) is 25.4. The van der Waals surface area contributed by atoms with E-state index in [9.17, 15) is 0 Å². The highest BCUT2D eigenvalue weighted by Crippen LogP contribution is 1.98. The predicted molar refractivity (Wildman–Crippen MR) is 40.0 cm³/mol. The van der Waals surface area contributed by atoms with Crippen molar-refractivity contribution in [1.29, 1.82) is 0 Å². The first-order valence-electron chi connectivity index (χ1n) is 2.15. The number of rotatable bonds is 0. The largest absolute Gasteiger partial charge is 0.692 e. The van der Waals surface area contributed by atoms with Gasteiger partial charge in [-0.2, -0.15) is 0 Å². The van der Waals surface area contributed by atoms with Gasteiger partial charge in [-0.15, -0.1) is 26.2 Å². The second kappa shape index (κ2) is 16.4. The maximum Gasteiger partial charge on any atom is 0.692 e. The van der Waals surface area contributed by atoms with Gasteiger partial charge in [0.05, 0.1) is 0 Å². The van der Waals surface area contributed by atoms with Crippen molar-refractivity contribution in [3.05, 3.63) is 12.7 Å². The monoisotopic (exact) mass is 204 g/mol. The Morgan fingerprint density at radius 3 is 1.09 bits per heavy atom. The molecule has 11 heavy (non-hydrogen) atoms. The maximum atomic E-state index is 8.70. The highest BCUT2D eigenvalue weighted by Gasteiger charge is 1.93. The lowest BCUT2D eigenvalue weighted by molar-refractivity contribution is 0.403. The average Bonchev–Trinajstić information content (AvgIpc) is 1.60. The molecule has 66 valence electrons. The van der Waals surface area contributed by atoms with Crippen LogP contribution in [0.1, 0.15) is 6.92 Å². The normalized spacial score (nSPS) is 5.91. The van der Waals surface area contributed by atoms with Crippen LogP contribution in [0.2, 0.25) is 0 Å². The summed E-state index contributed by atoms with van der Waals surface area (Å²) in [6, 6.07) is 0. The van der Waals surface area contributed by atoms with Gasteiger partial charge in [-0.05, 0) is 6.92 Å². The minimum Gasteiger partial charge on any atom is -0.134 e. The molecule has 0 aromatic rings. The van der Waals surface area contributed by atoms with Gasteiger partial charge in [0.1, 0.15) is 0 Å². The van der Waals surface area contributed by atoms with Crippen LogP contribution in [0.3, 0.4) is 0 Å². The summed E-state index contributed by atoms with van der Waals surface area (Å²) in [6.45, 7) is 5.25. The zero-order chi connectivity index (χ0) is 9.86. The van der Waals surface area contributed by atoms with Crippen LogP contribution in [-0.2, 0) is 9.13 Å². The van der Waals surface area contributed by atoms with Gasteiger partial charge in [0.15, 0.2) is 0 Å². The van der Waals surface area contributed by atoms with E-state index in [1.54, 1.807) is 6.08 Å². The fraction of sp³-hybridized carbons (Fsp3) is 0.333. The van der Waals surface area contributed by atoms with Gasteiger partial charge in [0, 0.05) is 9.13 Å². The molecule has 0 heterocycles. The molecular formula is C3H10O6P2+2. The Morgan fingerprint density at radius 2 is 1.09 bits per heavy atom. The summed E-state index contributed by atoms with van der Waals surface area (Å²) in [5, 5.41) is 0. The van der Waals surface area contributed by atoms with E-state index < -0.39 is 16.5 Å². The van der Waals surface area contributed by atoms with Crippen LogP contribution in [0.25, 0.3) is 0 Å². The Morgan fingerprint density at radius 1 is 1.09 bits per heavy atom. The molecule has 0 saturated heterocycles. The lowest BCUT2D eigenvalue weighted by Gasteiger charge is -1.34. The van der Waals surface area contributed by atoms with E-state index in [0.717, 1.165) is 0 Å². The molecule has 6 nitrogen and oxygen atoms in total. The fourth-order valence-corrected chi connectivity index (χ4v) is 0. The van der Waals surface area contributed by atoms with Gasteiger partial charge >= 0.3 is 16.5 Å². The molecule has 8 heteroatoms. The Labute approximate surface area is 65.7 Å². The second-order valence-electron chi connectivity index (χ2n) is 0.914. The van der Waals surface area contributed by atoms with Crippen LogP contribution in [-0.4, -0.2) is 19.6 Å². The third-order valence-corrected chi connectivity index (χ3v) is 0. The summed E-state index contributed by atoms with van der Waals surface area (Å²) >= 11 is 0. The van der Waals surface area contributed by atoms with Crippen molar-refractivity contribution < 1.29 is 28.7 Å². The molecule has 0 aliphatic rings. The summed E-state index contributed by atoms with van der Waals surface area (Å²) in [5.74, 6) is 0. The lowest BCUT2D eigenvalue weighted by atomic mass is 10.8. The second-order valence-corrected chi connectivity index (χ2v) is 1.92. The van der Waals surface area contributed by atoms with Gasteiger partial charge in [0.25, 0.3) is 0 Å². The molecule has 0 aliphatic heterocycles. The maximum absolute atomic E-state index is 8.70. The van der Waals surface area contributed by atoms with Crippen LogP contribution in [0, 0.1) is 0 Å². The summed E-state index contributed by atoms with van der Waals surface area (Å²) in [4.78, 5) is 28.5. The molecule has 0 aromatic heterocycles. The van der Waals surface area contributed by atoms with Crippen molar-refractivity contribution in [2.45, 2.75) is 6.92 Å². The van der Waals surface area contributed by atoms with Gasteiger partial charge in [-0.3, -0.25) is 0 Å². The van der Waals surface area contributed by atoms with Crippen molar-refractivity contribution in [3.8, 4) is 0 Å². The number of hydrogen-bond acceptors (Lipinski definition) is 2. The third kappa shape index (κ3) is 12200. The highest BCUT2D eigenvalue weighted by molar-refractivity contribution is 7.31. The van der Waals surface area contributed by atoms with Gasteiger partial charge in [-0.1, -0.05) is 6.08 Å². The number of allylic oxidation sites excluding steroid dienone is 1. The molecule has 0 aliphatic carbocycles. The molecule has 0 atom stereocenters. The van der Waals surface area contributed by atoms with Crippen LogP contribution >= 0.6 is 16.5 Å². The minimum absolute atomic E-state index is 1.75. The lowest BCUT2D eigenvalue weighted by Crippen LogP contribution is -1.38. The van der Waals surface area contributed by atoms with E-state index in [1.165, 1.54) is 0 Å². The van der Waals surface area contributed by atoms with Gasteiger partial charge in [-0.25, -0.2) is 0 Å². The zero-order valence-electron chi connectivity index (χ0n) is 5.78. The summed E-state index contributed by atoms with van der Waals surface area (Å²) in [5.41, 5.74) is 0. The van der Waals surface area contributed by atoms with Crippen molar-refractivity contribution in [1.82, 2.24) is 0 Å². The van der Waals surface area contributed by atoms with E-state index in [-0.39, 0.29) is 0 Å². The highest BCUT2D eigenvalue weighted by atomic mass is 31.1. The number of hydrogen-bond donors (Lipinski definition) is 4. The van der Waals surface area contributed by atoms with Gasteiger partial charge < -0.3 is 0 Å². The molecule has 0 unspecified atom stereocenters. The predicted octanol–water partition coefficient (Wildman–Crippen LogP) is 0.449. The quantitative estimate of drug-likeness (QED) is 0.336. The van der Waals surface area contributed by atoms with E-state index >= 15 is 0 Å². The molecule has 0 radical (unpaired) electrons. The molecule has 0 saturated carbocycles. The first kappa shape index (κ1) is 17.0. The van der Waals surface area contributed by atoms with E-state index in [1.807, 2.05) is 6.92 Å². The molecule has 0 rings (SSSR count). The van der Waals surface area contributed by atoms with Crippen LogP contribution in [0.5, 0.6) is 0 Å². The van der Waals surface area contributed by atoms with Crippen LogP contribution < -0.4 is 0 Å². The summed E-state index contributed by atoms with van der Waals surface area (Å²) in [7, 11) is -5.74. The summed E-state index contributed by atoms with van der Waals surface area (Å²) in [6.07, 6.45) is 1.75. The Bertz CT molecular complexity index is 103. The minimum atomic E-state index is -2.87. The Balaban J connectivity index is -0.0000000886. The topological polar surface area (TPSA) is 115 Å².